The van der Waals surface area contributed by atoms with Crippen LogP contribution in [0, 0.1) is 0 Å². The Morgan fingerprint density at radius 2 is 1.26 bits per heavy atom. The van der Waals surface area contributed by atoms with Crippen molar-refractivity contribution in [3.8, 4) is 0 Å². The number of thiocarbonyl (C=S) groups is 2. The lowest BCUT2D eigenvalue weighted by molar-refractivity contribution is 0.597. The third kappa shape index (κ3) is 17.3. The van der Waals surface area contributed by atoms with Gasteiger partial charge in [0.05, 0.1) is 23.4 Å². The highest BCUT2D eigenvalue weighted by Crippen LogP contribution is 2.11. The maximum absolute atomic E-state index is 11.0. The Bertz CT molecular complexity index is 1140. The molecule has 0 saturated carbocycles. The number of hydrogen-bond donors (Lipinski definition) is 0. The SMILES string of the molecule is CS(=O)(=O)CCCCc1cccc(CN=C=S)c1.CS(=O)CCCCc1cccc(CN=C=S)c1. The highest BCUT2D eigenvalue weighted by atomic mass is 32.2. The van der Waals surface area contributed by atoms with Gasteiger partial charge in [0.25, 0.3) is 0 Å². The molecule has 190 valence electrons. The highest BCUT2D eigenvalue weighted by Gasteiger charge is 2.02. The maximum atomic E-state index is 11.0. The minimum absolute atomic E-state index is 0.266. The molecule has 0 saturated heterocycles. The first-order chi connectivity index (χ1) is 16.7. The summed E-state index contributed by atoms with van der Waals surface area (Å²) in [7, 11) is -3.50. The van der Waals surface area contributed by atoms with Crippen LogP contribution in [-0.4, -0.2) is 47.0 Å². The summed E-state index contributed by atoms with van der Waals surface area (Å²) < 4.78 is 32.9. The molecule has 0 fully saturated rings. The van der Waals surface area contributed by atoms with E-state index in [9.17, 15) is 12.6 Å². The largest absolute Gasteiger partial charge is 0.260 e. The molecular weight excluding hydrogens is 517 g/mol. The maximum Gasteiger partial charge on any atom is 0.147 e. The quantitative estimate of drug-likeness (QED) is 0.173. The number of sulfone groups is 1. The standard InChI is InChI=1S/C13H17NO2S2.C13H17NOS2/c1-18(15,16)8-3-2-5-12-6-4-7-13(9-12)10-14-11-17;1-17(15)8-3-2-5-12-6-4-7-13(9-12)10-14-11-16/h4,6-7,9H,2-3,5,8,10H2,1H3;4,6-7,9H,2-3,5,8,10H2,1H3. The molecule has 2 aromatic rings. The second-order valence-electron chi connectivity index (χ2n) is 8.28. The van der Waals surface area contributed by atoms with Crippen LogP contribution in [0.2, 0.25) is 0 Å². The number of aryl methyl sites for hydroxylation is 2. The number of rotatable bonds is 14. The Labute approximate surface area is 223 Å². The molecule has 0 aliphatic rings. The molecule has 9 heteroatoms. The number of nitrogens with zero attached hydrogens (tertiary/aromatic N) is 2. The van der Waals surface area contributed by atoms with Gasteiger partial charge in [0.15, 0.2) is 0 Å². The van der Waals surface area contributed by atoms with Crippen LogP contribution >= 0.6 is 24.4 Å². The molecule has 35 heavy (non-hydrogen) atoms. The predicted molar refractivity (Wildman–Crippen MR) is 155 cm³/mol. The lowest BCUT2D eigenvalue weighted by Crippen LogP contribution is -2.03. The van der Waals surface area contributed by atoms with Gasteiger partial charge >= 0.3 is 0 Å². The molecule has 0 heterocycles. The fourth-order valence-electron chi connectivity index (χ4n) is 3.34. The molecule has 0 aliphatic heterocycles. The first kappa shape index (κ1) is 31.2. The van der Waals surface area contributed by atoms with Gasteiger partial charge in [0, 0.05) is 34.8 Å². The van der Waals surface area contributed by atoms with E-state index in [1.807, 2.05) is 30.3 Å². The summed E-state index contributed by atoms with van der Waals surface area (Å²) in [6.07, 6.45) is 8.65. The van der Waals surface area contributed by atoms with Gasteiger partial charge in [-0.2, -0.15) is 0 Å². The zero-order chi connectivity index (χ0) is 25.9. The van der Waals surface area contributed by atoms with Crippen LogP contribution in [0.5, 0.6) is 0 Å². The molecular formula is C26H34N2O3S4. The van der Waals surface area contributed by atoms with Gasteiger partial charge in [-0.3, -0.25) is 4.21 Å². The van der Waals surface area contributed by atoms with Crippen LogP contribution in [-0.2, 0) is 46.6 Å². The monoisotopic (exact) mass is 550 g/mol. The van der Waals surface area contributed by atoms with Gasteiger partial charge in [-0.05, 0) is 85.2 Å². The number of benzene rings is 2. The van der Waals surface area contributed by atoms with Crippen molar-refractivity contribution in [3.05, 3.63) is 70.8 Å². The molecule has 0 N–H and O–H groups in total. The summed E-state index contributed by atoms with van der Waals surface area (Å²) >= 11 is 9.08. The Kier molecular flexibility index (Phi) is 16.4. The number of unbranched alkanes of at least 4 members (excludes halogenated alkanes) is 2. The van der Waals surface area contributed by atoms with E-state index in [2.05, 4.69) is 62.9 Å². The van der Waals surface area contributed by atoms with Crippen molar-refractivity contribution in [2.45, 2.75) is 51.6 Å². The van der Waals surface area contributed by atoms with Crippen molar-refractivity contribution in [1.82, 2.24) is 0 Å². The van der Waals surface area contributed by atoms with E-state index >= 15 is 0 Å². The first-order valence-corrected chi connectivity index (χ1v) is 16.0. The molecule has 2 aromatic carbocycles. The summed E-state index contributed by atoms with van der Waals surface area (Å²) in [5.41, 5.74) is 4.79. The first-order valence-electron chi connectivity index (χ1n) is 11.4. The molecule has 0 amide bonds. The van der Waals surface area contributed by atoms with E-state index in [1.165, 1.54) is 22.9 Å². The van der Waals surface area contributed by atoms with Crippen molar-refractivity contribution >= 4 is 55.4 Å². The number of hydrogen-bond acceptors (Lipinski definition) is 7. The van der Waals surface area contributed by atoms with Gasteiger partial charge in [-0.15, -0.1) is 0 Å². The molecule has 5 nitrogen and oxygen atoms in total. The molecule has 0 aliphatic carbocycles. The van der Waals surface area contributed by atoms with Gasteiger partial charge in [0.2, 0.25) is 0 Å². The zero-order valence-corrected chi connectivity index (χ0v) is 23.7. The predicted octanol–water partition coefficient (Wildman–Crippen LogP) is 5.65. The highest BCUT2D eigenvalue weighted by molar-refractivity contribution is 7.90. The van der Waals surface area contributed by atoms with Gasteiger partial charge in [-0.25, -0.2) is 18.4 Å². The van der Waals surface area contributed by atoms with Crippen molar-refractivity contribution < 1.29 is 12.6 Å². The molecule has 1 unspecified atom stereocenters. The normalized spacial score (nSPS) is 11.4. The van der Waals surface area contributed by atoms with Crippen LogP contribution in [0.25, 0.3) is 0 Å². The average molecular weight is 551 g/mol. The Morgan fingerprint density at radius 3 is 1.69 bits per heavy atom. The van der Waals surface area contributed by atoms with E-state index in [0.29, 0.717) is 19.5 Å². The number of aliphatic imine (C=N–C) groups is 2. The van der Waals surface area contributed by atoms with E-state index in [1.54, 1.807) is 6.26 Å². The topological polar surface area (TPSA) is 75.9 Å². The molecule has 0 aromatic heterocycles. The van der Waals surface area contributed by atoms with E-state index in [4.69, 9.17) is 0 Å². The van der Waals surface area contributed by atoms with Gasteiger partial charge in [0.1, 0.15) is 9.84 Å². The second-order valence-corrected chi connectivity index (χ2v) is 12.5. The van der Waals surface area contributed by atoms with Crippen LogP contribution in [0.4, 0.5) is 0 Å². The minimum atomic E-state index is -2.83. The van der Waals surface area contributed by atoms with Crippen molar-refractivity contribution in [1.29, 1.82) is 0 Å². The van der Waals surface area contributed by atoms with Crippen LogP contribution < -0.4 is 0 Å². The second kappa shape index (κ2) is 18.4. The third-order valence-electron chi connectivity index (χ3n) is 5.01. The summed E-state index contributed by atoms with van der Waals surface area (Å²) in [6.45, 7) is 1.16. The fourth-order valence-corrected chi connectivity index (χ4v) is 4.81. The summed E-state index contributed by atoms with van der Waals surface area (Å²) in [6, 6.07) is 16.5. The van der Waals surface area contributed by atoms with Crippen molar-refractivity contribution in [2.75, 3.05) is 24.0 Å². The molecule has 2 rings (SSSR count). The average Bonchev–Trinajstić information content (AvgIpc) is 2.82. The third-order valence-corrected chi connectivity index (χ3v) is 7.17. The molecule has 1 atom stereocenters. The van der Waals surface area contributed by atoms with Crippen LogP contribution in [0.1, 0.15) is 47.9 Å². The van der Waals surface area contributed by atoms with Crippen LogP contribution in [0.15, 0.2) is 58.5 Å². The molecule has 0 radical (unpaired) electrons. The molecule has 0 spiro atoms. The lowest BCUT2D eigenvalue weighted by Gasteiger charge is -2.03. The van der Waals surface area contributed by atoms with Gasteiger partial charge in [-0.1, -0.05) is 48.5 Å². The van der Waals surface area contributed by atoms with Crippen LogP contribution in [0.3, 0.4) is 0 Å². The Hall–Kier alpha value is -1.86. The minimum Gasteiger partial charge on any atom is -0.260 e. The Morgan fingerprint density at radius 1 is 0.800 bits per heavy atom. The van der Waals surface area contributed by atoms with Crippen molar-refractivity contribution in [2.24, 2.45) is 9.98 Å². The van der Waals surface area contributed by atoms with E-state index < -0.39 is 20.6 Å². The summed E-state index contributed by atoms with van der Waals surface area (Å²) in [5.74, 6) is 1.07. The Balaban J connectivity index is 0.000000351. The lowest BCUT2D eigenvalue weighted by atomic mass is 10.1. The zero-order valence-electron chi connectivity index (χ0n) is 20.4. The number of isothiocyanates is 2. The fraction of sp³-hybridized carbons (Fsp3) is 0.462. The van der Waals surface area contributed by atoms with E-state index in [-0.39, 0.29) is 5.75 Å². The molecule has 0 bridgehead atoms. The summed E-state index contributed by atoms with van der Waals surface area (Å²) in [5, 5.41) is 4.72. The van der Waals surface area contributed by atoms with E-state index in [0.717, 1.165) is 43.4 Å². The van der Waals surface area contributed by atoms with Gasteiger partial charge < -0.3 is 0 Å². The smallest absolute Gasteiger partial charge is 0.147 e. The van der Waals surface area contributed by atoms with Crippen molar-refractivity contribution in [3.63, 3.8) is 0 Å². The summed E-state index contributed by atoms with van der Waals surface area (Å²) in [4.78, 5) is 7.82.